The summed E-state index contributed by atoms with van der Waals surface area (Å²) >= 11 is 0. The SMILES string of the molecule is CNc1cc(C(=O)NC2CC(OC)C2)ccn1. The first-order valence-corrected chi connectivity index (χ1v) is 5.70. The number of nitrogens with one attached hydrogen (secondary N) is 2. The van der Waals surface area contributed by atoms with Crippen LogP contribution in [0.1, 0.15) is 23.2 Å². The number of anilines is 1. The van der Waals surface area contributed by atoms with Crippen molar-refractivity contribution in [2.24, 2.45) is 0 Å². The maximum atomic E-state index is 11.9. The average Bonchev–Trinajstić information content (AvgIpc) is 2.33. The van der Waals surface area contributed by atoms with Gasteiger partial charge < -0.3 is 15.4 Å². The quantitative estimate of drug-likeness (QED) is 0.818. The van der Waals surface area contributed by atoms with Gasteiger partial charge in [0.25, 0.3) is 5.91 Å². The van der Waals surface area contributed by atoms with Crippen LogP contribution in [-0.2, 0) is 4.74 Å². The van der Waals surface area contributed by atoms with Crippen molar-refractivity contribution in [2.45, 2.75) is 25.0 Å². The van der Waals surface area contributed by atoms with Crippen molar-refractivity contribution in [1.29, 1.82) is 0 Å². The summed E-state index contributed by atoms with van der Waals surface area (Å²) in [6.45, 7) is 0. The van der Waals surface area contributed by atoms with Crippen LogP contribution in [0.4, 0.5) is 5.82 Å². The minimum absolute atomic E-state index is 0.0524. The molecule has 1 aliphatic rings. The highest BCUT2D eigenvalue weighted by Gasteiger charge is 2.30. The number of carbonyl (C=O) groups is 1. The molecule has 0 unspecified atom stereocenters. The van der Waals surface area contributed by atoms with E-state index in [1.165, 1.54) is 0 Å². The summed E-state index contributed by atoms with van der Waals surface area (Å²) in [5.74, 6) is 0.643. The van der Waals surface area contributed by atoms with E-state index in [4.69, 9.17) is 4.74 Å². The van der Waals surface area contributed by atoms with Gasteiger partial charge in [0.2, 0.25) is 0 Å². The smallest absolute Gasteiger partial charge is 0.251 e. The molecule has 1 amide bonds. The predicted molar refractivity (Wildman–Crippen MR) is 65.1 cm³/mol. The molecule has 1 fully saturated rings. The molecule has 5 nitrogen and oxygen atoms in total. The Balaban J connectivity index is 1.91. The van der Waals surface area contributed by atoms with E-state index in [0.29, 0.717) is 17.5 Å². The highest BCUT2D eigenvalue weighted by Crippen LogP contribution is 2.22. The normalized spacial score (nSPS) is 22.7. The molecule has 92 valence electrons. The molecule has 0 bridgehead atoms. The molecule has 1 heterocycles. The van der Waals surface area contributed by atoms with E-state index in [1.54, 1.807) is 32.5 Å². The molecule has 0 atom stereocenters. The third-order valence-corrected chi connectivity index (χ3v) is 3.04. The summed E-state index contributed by atoms with van der Waals surface area (Å²) in [6, 6.07) is 3.68. The van der Waals surface area contributed by atoms with Crippen molar-refractivity contribution in [1.82, 2.24) is 10.3 Å². The number of hydrogen-bond donors (Lipinski definition) is 2. The zero-order valence-electron chi connectivity index (χ0n) is 10.1. The van der Waals surface area contributed by atoms with Gasteiger partial charge in [-0.2, -0.15) is 0 Å². The lowest BCUT2D eigenvalue weighted by molar-refractivity contribution is 0.0176. The lowest BCUT2D eigenvalue weighted by Gasteiger charge is -2.34. The van der Waals surface area contributed by atoms with Crippen LogP contribution in [-0.4, -0.2) is 37.2 Å². The van der Waals surface area contributed by atoms with Crippen molar-refractivity contribution in [3.8, 4) is 0 Å². The number of rotatable bonds is 4. The number of amides is 1. The standard InChI is InChI=1S/C12H17N3O2/c1-13-11-5-8(3-4-14-11)12(16)15-9-6-10(7-9)17-2/h3-5,9-10H,6-7H2,1-2H3,(H,13,14)(H,15,16). The minimum Gasteiger partial charge on any atom is -0.381 e. The van der Waals surface area contributed by atoms with E-state index in [2.05, 4.69) is 15.6 Å². The molecule has 1 aromatic heterocycles. The molecule has 1 saturated carbocycles. The van der Waals surface area contributed by atoms with E-state index in [1.807, 2.05) is 0 Å². The van der Waals surface area contributed by atoms with Gasteiger partial charge in [-0.15, -0.1) is 0 Å². The number of hydrogen-bond acceptors (Lipinski definition) is 4. The number of pyridine rings is 1. The summed E-state index contributed by atoms with van der Waals surface area (Å²) < 4.78 is 5.17. The van der Waals surface area contributed by atoms with Crippen LogP contribution in [0.5, 0.6) is 0 Å². The third-order valence-electron chi connectivity index (χ3n) is 3.04. The molecule has 17 heavy (non-hydrogen) atoms. The molecule has 0 radical (unpaired) electrons. The second-order valence-corrected chi connectivity index (χ2v) is 4.18. The Morgan fingerprint density at radius 1 is 1.53 bits per heavy atom. The molecule has 2 N–H and O–H groups in total. The Labute approximate surface area is 101 Å². The van der Waals surface area contributed by atoms with Crippen LogP contribution in [0.2, 0.25) is 0 Å². The van der Waals surface area contributed by atoms with Crippen molar-refractivity contribution in [3.63, 3.8) is 0 Å². The summed E-state index contributed by atoms with van der Waals surface area (Å²) in [5, 5.41) is 5.88. The largest absolute Gasteiger partial charge is 0.381 e. The number of ether oxygens (including phenoxy) is 1. The van der Waals surface area contributed by atoms with Crippen LogP contribution in [0.3, 0.4) is 0 Å². The lowest BCUT2D eigenvalue weighted by atomic mass is 9.89. The Hall–Kier alpha value is -1.62. The fourth-order valence-corrected chi connectivity index (χ4v) is 1.85. The van der Waals surface area contributed by atoms with Gasteiger partial charge >= 0.3 is 0 Å². The first-order chi connectivity index (χ1) is 8.22. The monoisotopic (exact) mass is 235 g/mol. The summed E-state index contributed by atoms with van der Waals surface area (Å²) in [7, 11) is 3.48. The number of aromatic nitrogens is 1. The Morgan fingerprint density at radius 2 is 2.29 bits per heavy atom. The van der Waals surface area contributed by atoms with Gasteiger partial charge in [-0.25, -0.2) is 4.98 Å². The fourth-order valence-electron chi connectivity index (χ4n) is 1.85. The second-order valence-electron chi connectivity index (χ2n) is 4.18. The van der Waals surface area contributed by atoms with Gasteiger partial charge in [0, 0.05) is 32.0 Å². The predicted octanol–water partition coefficient (Wildman–Crippen LogP) is 1.03. The molecular weight excluding hydrogens is 218 g/mol. The minimum atomic E-state index is -0.0524. The van der Waals surface area contributed by atoms with Crippen molar-refractivity contribution >= 4 is 11.7 Å². The van der Waals surface area contributed by atoms with Crippen LogP contribution in [0, 0.1) is 0 Å². The average molecular weight is 235 g/mol. The highest BCUT2D eigenvalue weighted by molar-refractivity contribution is 5.95. The Bertz CT molecular complexity index is 402. The Kier molecular flexibility index (Phi) is 3.58. The number of nitrogens with zero attached hydrogens (tertiary/aromatic N) is 1. The molecule has 1 aromatic rings. The molecule has 0 saturated heterocycles. The summed E-state index contributed by atoms with van der Waals surface area (Å²) in [4.78, 5) is 16.0. The molecular formula is C12H17N3O2. The fraction of sp³-hybridized carbons (Fsp3) is 0.500. The van der Waals surface area contributed by atoms with Crippen molar-refractivity contribution in [3.05, 3.63) is 23.9 Å². The van der Waals surface area contributed by atoms with Gasteiger partial charge in [-0.3, -0.25) is 4.79 Å². The molecule has 5 heteroatoms. The van der Waals surface area contributed by atoms with E-state index in [-0.39, 0.29) is 11.9 Å². The van der Waals surface area contributed by atoms with Crippen molar-refractivity contribution < 1.29 is 9.53 Å². The number of methoxy groups -OCH3 is 1. The first-order valence-electron chi connectivity index (χ1n) is 5.70. The molecule has 1 aliphatic carbocycles. The molecule has 0 aliphatic heterocycles. The third kappa shape index (κ3) is 2.74. The second kappa shape index (κ2) is 5.14. The zero-order valence-corrected chi connectivity index (χ0v) is 10.1. The molecule has 0 spiro atoms. The first kappa shape index (κ1) is 11.9. The summed E-state index contributed by atoms with van der Waals surface area (Å²) in [6.07, 6.45) is 3.71. The maximum Gasteiger partial charge on any atom is 0.251 e. The van der Waals surface area contributed by atoms with Gasteiger partial charge in [0.15, 0.2) is 0 Å². The summed E-state index contributed by atoms with van der Waals surface area (Å²) in [5.41, 5.74) is 0.630. The molecule has 0 aromatic carbocycles. The number of carbonyl (C=O) groups excluding carboxylic acids is 1. The Morgan fingerprint density at radius 3 is 2.94 bits per heavy atom. The maximum absolute atomic E-state index is 11.9. The van der Waals surface area contributed by atoms with Crippen LogP contribution in [0.25, 0.3) is 0 Å². The van der Waals surface area contributed by atoms with Gasteiger partial charge in [-0.1, -0.05) is 0 Å². The van der Waals surface area contributed by atoms with Crippen LogP contribution < -0.4 is 10.6 Å². The van der Waals surface area contributed by atoms with E-state index in [9.17, 15) is 4.79 Å². The van der Waals surface area contributed by atoms with Crippen molar-refractivity contribution in [2.75, 3.05) is 19.5 Å². The molecule has 2 rings (SSSR count). The van der Waals surface area contributed by atoms with Crippen LogP contribution >= 0.6 is 0 Å². The zero-order chi connectivity index (χ0) is 12.3. The highest BCUT2D eigenvalue weighted by atomic mass is 16.5. The van der Waals surface area contributed by atoms with Crippen LogP contribution in [0.15, 0.2) is 18.3 Å². The van der Waals surface area contributed by atoms with Gasteiger partial charge in [0.1, 0.15) is 5.82 Å². The lowest BCUT2D eigenvalue weighted by Crippen LogP contribution is -2.47. The van der Waals surface area contributed by atoms with Gasteiger partial charge in [-0.05, 0) is 25.0 Å². The van der Waals surface area contributed by atoms with E-state index < -0.39 is 0 Å². The van der Waals surface area contributed by atoms with E-state index >= 15 is 0 Å². The van der Waals surface area contributed by atoms with E-state index in [0.717, 1.165) is 12.8 Å². The topological polar surface area (TPSA) is 63.2 Å². The van der Waals surface area contributed by atoms with Gasteiger partial charge in [0.05, 0.1) is 6.10 Å².